The van der Waals surface area contributed by atoms with E-state index in [-0.39, 0.29) is 46.9 Å². The van der Waals surface area contributed by atoms with Crippen LogP contribution in [0.15, 0.2) is 34.2 Å². The first-order valence-corrected chi connectivity index (χ1v) is 13.2. The lowest BCUT2D eigenvalue weighted by atomic mass is 10.1. The van der Waals surface area contributed by atoms with Crippen LogP contribution >= 0.6 is 0 Å². The maximum atomic E-state index is 13.4. The number of nitrogens with zero attached hydrogens (tertiary/aromatic N) is 2. The van der Waals surface area contributed by atoms with Crippen LogP contribution in [0.5, 0.6) is 0 Å². The fourth-order valence-electron chi connectivity index (χ4n) is 4.43. The molecule has 0 bridgehead atoms. The standard InChI is InChI=1S/C24H25F2N3O4S/c1-34(31,32)22-9-14(21-3-2-8-33-21)6-7-16(22)28-17-10-15(11-20(30)13-4-5-13)27-18-12-19(24(25)26)29-23(17)18/h6-7,9-10,13,21,24H,2-5,8,11-12H2,1H3,(H,27,28). The number of carbonyl (C=O) groups is 1. The molecular weight excluding hydrogens is 464 g/mol. The van der Waals surface area contributed by atoms with Gasteiger partial charge in [-0.15, -0.1) is 0 Å². The number of hydrogen-bond acceptors (Lipinski definition) is 7. The Bertz CT molecular complexity index is 1280. The number of aromatic nitrogens is 1. The van der Waals surface area contributed by atoms with Gasteiger partial charge in [0.25, 0.3) is 6.43 Å². The molecular formula is C24H25F2N3O4S. The minimum Gasteiger partial charge on any atom is -0.374 e. The highest BCUT2D eigenvalue weighted by Crippen LogP contribution is 2.40. The number of alkyl halides is 2. The third kappa shape index (κ3) is 4.74. The van der Waals surface area contributed by atoms with E-state index in [9.17, 15) is 22.0 Å². The van der Waals surface area contributed by atoms with Crippen LogP contribution in [0, 0.1) is 5.92 Å². The molecule has 1 saturated heterocycles. The Kier molecular flexibility index (Phi) is 5.97. The molecule has 1 aromatic heterocycles. The summed E-state index contributed by atoms with van der Waals surface area (Å²) in [6, 6.07) is 6.67. The lowest BCUT2D eigenvalue weighted by Crippen LogP contribution is -2.11. The summed E-state index contributed by atoms with van der Waals surface area (Å²) >= 11 is 0. The predicted octanol–water partition coefficient (Wildman–Crippen LogP) is 4.50. The van der Waals surface area contributed by atoms with Crippen LogP contribution in [-0.4, -0.2) is 44.2 Å². The highest BCUT2D eigenvalue weighted by molar-refractivity contribution is 7.90. The molecule has 1 aliphatic carbocycles. The molecule has 1 unspecified atom stereocenters. The summed E-state index contributed by atoms with van der Waals surface area (Å²) in [5.41, 5.74) is 2.20. The minimum atomic E-state index is -3.62. The normalized spacial score (nSPS) is 19.9. The van der Waals surface area contributed by atoms with Gasteiger partial charge in [-0.2, -0.15) is 0 Å². The van der Waals surface area contributed by atoms with E-state index in [1.807, 2.05) is 0 Å². The summed E-state index contributed by atoms with van der Waals surface area (Å²) in [5, 5.41) is 3.09. The van der Waals surface area contributed by atoms with Crippen molar-refractivity contribution in [3.8, 4) is 0 Å². The second-order valence-corrected chi connectivity index (χ2v) is 11.1. The van der Waals surface area contributed by atoms with Crippen molar-refractivity contribution in [2.45, 2.75) is 55.9 Å². The van der Waals surface area contributed by atoms with Crippen LogP contribution in [-0.2, 0) is 32.2 Å². The van der Waals surface area contributed by atoms with E-state index in [1.54, 1.807) is 24.3 Å². The van der Waals surface area contributed by atoms with Crippen molar-refractivity contribution < 1.29 is 26.7 Å². The number of ketones is 1. The topological polar surface area (TPSA) is 97.7 Å². The SMILES string of the molecule is CS(=O)(=O)c1cc(C2CCCO2)ccc1Nc1cc(CC(=O)C2CC2)nc2c1N=C(C(F)F)C2. The van der Waals surface area contributed by atoms with E-state index in [0.717, 1.165) is 37.5 Å². The number of pyridine rings is 1. The molecule has 1 aromatic carbocycles. The van der Waals surface area contributed by atoms with Crippen LogP contribution in [0.1, 0.15) is 48.7 Å². The number of fused-ring (bicyclic) bond motifs is 1. The molecule has 3 heterocycles. The van der Waals surface area contributed by atoms with Gasteiger partial charge in [-0.25, -0.2) is 22.2 Å². The molecule has 2 aliphatic heterocycles. The Labute approximate surface area is 196 Å². The molecule has 180 valence electrons. The van der Waals surface area contributed by atoms with Gasteiger partial charge in [-0.05, 0) is 49.4 Å². The van der Waals surface area contributed by atoms with E-state index < -0.39 is 16.3 Å². The molecule has 0 spiro atoms. The molecule has 3 aliphatic rings. The molecule has 1 atom stereocenters. The number of sulfone groups is 1. The van der Waals surface area contributed by atoms with E-state index in [4.69, 9.17) is 4.74 Å². The van der Waals surface area contributed by atoms with Crippen LogP contribution in [0.3, 0.4) is 0 Å². The molecule has 2 aromatic rings. The molecule has 2 fully saturated rings. The lowest BCUT2D eigenvalue weighted by Gasteiger charge is -2.17. The van der Waals surface area contributed by atoms with Gasteiger partial charge in [-0.1, -0.05) is 6.07 Å². The summed E-state index contributed by atoms with van der Waals surface area (Å²) in [6.45, 7) is 0.634. The smallest absolute Gasteiger partial charge is 0.277 e. The summed E-state index contributed by atoms with van der Waals surface area (Å²) in [5.74, 6) is 0.116. The van der Waals surface area contributed by atoms with Crippen molar-refractivity contribution in [2.75, 3.05) is 18.2 Å². The number of halogens is 2. The van der Waals surface area contributed by atoms with Gasteiger partial charge in [0.05, 0.1) is 39.5 Å². The maximum absolute atomic E-state index is 13.4. The van der Waals surface area contributed by atoms with Crippen molar-refractivity contribution in [3.63, 3.8) is 0 Å². The number of ether oxygens (including phenoxy) is 1. The number of carbonyl (C=O) groups excluding carboxylic acids is 1. The first-order chi connectivity index (χ1) is 16.2. The molecule has 7 nitrogen and oxygen atoms in total. The number of hydrogen-bond donors (Lipinski definition) is 1. The predicted molar refractivity (Wildman–Crippen MR) is 123 cm³/mol. The zero-order chi connectivity index (χ0) is 24.0. The van der Waals surface area contributed by atoms with Crippen molar-refractivity contribution in [1.29, 1.82) is 0 Å². The Balaban J connectivity index is 1.54. The fraction of sp³-hybridized carbons (Fsp3) is 0.458. The molecule has 1 saturated carbocycles. The monoisotopic (exact) mass is 489 g/mol. The van der Waals surface area contributed by atoms with Crippen LogP contribution in [0.25, 0.3) is 0 Å². The highest BCUT2D eigenvalue weighted by Gasteiger charge is 2.31. The molecule has 1 N–H and O–H groups in total. The summed E-state index contributed by atoms with van der Waals surface area (Å²) < 4.78 is 57.7. The lowest BCUT2D eigenvalue weighted by molar-refractivity contribution is -0.119. The molecule has 34 heavy (non-hydrogen) atoms. The summed E-state index contributed by atoms with van der Waals surface area (Å²) in [6.07, 6.45) is 1.69. The van der Waals surface area contributed by atoms with Crippen molar-refractivity contribution in [2.24, 2.45) is 10.9 Å². The van der Waals surface area contributed by atoms with Gasteiger partial charge in [0.1, 0.15) is 11.5 Å². The van der Waals surface area contributed by atoms with Crippen LogP contribution < -0.4 is 5.32 Å². The number of aliphatic imine (C=N–C) groups is 1. The zero-order valence-corrected chi connectivity index (χ0v) is 19.5. The second-order valence-electron chi connectivity index (χ2n) is 9.11. The largest absolute Gasteiger partial charge is 0.374 e. The average Bonchev–Trinajstić information content (AvgIpc) is 3.30. The Morgan fingerprint density at radius 1 is 1.21 bits per heavy atom. The Morgan fingerprint density at radius 3 is 2.65 bits per heavy atom. The van der Waals surface area contributed by atoms with Gasteiger partial charge < -0.3 is 10.1 Å². The van der Waals surface area contributed by atoms with Gasteiger partial charge in [-0.3, -0.25) is 9.78 Å². The van der Waals surface area contributed by atoms with Gasteiger partial charge in [0.2, 0.25) is 0 Å². The first kappa shape index (κ1) is 23.0. The van der Waals surface area contributed by atoms with E-state index >= 15 is 0 Å². The maximum Gasteiger partial charge on any atom is 0.277 e. The number of Topliss-reactive ketones (excluding diaryl/α,β-unsaturated/α-hetero) is 1. The summed E-state index contributed by atoms with van der Waals surface area (Å²) in [7, 11) is -3.62. The number of nitrogens with one attached hydrogen (secondary N) is 1. The van der Waals surface area contributed by atoms with Crippen LogP contribution in [0.2, 0.25) is 0 Å². The molecule has 0 amide bonds. The first-order valence-electron chi connectivity index (χ1n) is 11.3. The highest BCUT2D eigenvalue weighted by atomic mass is 32.2. The van der Waals surface area contributed by atoms with Crippen molar-refractivity contribution in [1.82, 2.24) is 4.98 Å². The van der Waals surface area contributed by atoms with Crippen molar-refractivity contribution >= 4 is 38.4 Å². The molecule has 5 rings (SSSR count). The zero-order valence-electron chi connectivity index (χ0n) is 18.7. The number of benzene rings is 1. The fourth-order valence-corrected chi connectivity index (χ4v) is 5.30. The third-order valence-electron chi connectivity index (χ3n) is 6.34. The van der Waals surface area contributed by atoms with Gasteiger partial charge in [0.15, 0.2) is 9.84 Å². The average molecular weight is 490 g/mol. The quantitative estimate of drug-likeness (QED) is 0.587. The number of anilines is 2. The summed E-state index contributed by atoms with van der Waals surface area (Å²) in [4.78, 5) is 21.0. The second kappa shape index (κ2) is 8.81. The van der Waals surface area contributed by atoms with E-state index in [1.165, 1.54) is 0 Å². The van der Waals surface area contributed by atoms with Gasteiger partial charge in [0, 0.05) is 31.6 Å². The Morgan fingerprint density at radius 2 is 2.00 bits per heavy atom. The Hall–Kier alpha value is -2.72. The molecule has 0 radical (unpaired) electrons. The van der Waals surface area contributed by atoms with Gasteiger partial charge >= 0.3 is 0 Å². The minimum absolute atomic E-state index is 0.0431. The van der Waals surface area contributed by atoms with Crippen molar-refractivity contribution in [3.05, 3.63) is 41.2 Å². The van der Waals surface area contributed by atoms with E-state index in [2.05, 4.69) is 15.3 Å². The van der Waals surface area contributed by atoms with E-state index in [0.29, 0.717) is 29.4 Å². The van der Waals surface area contributed by atoms with Crippen LogP contribution in [0.4, 0.5) is 25.8 Å². The third-order valence-corrected chi connectivity index (χ3v) is 7.47. The number of rotatable bonds is 8. The molecule has 10 heteroatoms.